The summed E-state index contributed by atoms with van der Waals surface area (Å²) in [5.74, 6) is 0. The van der Waals surface area contributed by atoms with Crippen molar-refractivity contribution in [2.24, 2.45) is 0 Å². The van der Waals surface area contributed by atoms with Crippen molar-refractivity contribution in [3.8, 4) is 0 Å². The first-order valence-corrected chi connectivity index (χ1v) is 8.71. The van der Waals surface area contributed by atoms with Crippen LogP contribution in [-0.2, 0) is 26.1 Å². The van der Waals surface area contributed by atoms with Crippen LogP contribution in [0.4, 0.5) is 0 Å². The predicted octanol–water partition coefficient (Wildman–Crippen LogP) is 5.45. The van der Waals surface area contributed by atoms with Gasteiger partial charge in [-0.3, -0.25) is 4.90 Å². The van der Waals surface area contributed by atoms with Crippen molar-refractivity contribution in [1.82, 2.24) is 4.90 Å². The molecule has 0 N–H and O–H groups in total. The third kappa shape index (κ3) is 4.81. The van der Waals surface area contributed by atoms with Crippen LogP contribution < -0.4 is 0 Å². The van der Waals surface area contributed by atoms with E-state index in [1.165, 1.54) is 22.3 Å². The Morgan fingerprint density at radius 1 is 0.500 bits per heavy atom. The Bertz CT molecular complexity index is 676. The summed E-state index contributed by atoms with van der Waals surface area (Å²) >= 11 is 0. The van der Waals surface area contributed by atoms with Crippen LogP contribution in [0.1, 0.15) is 29.2 Å². The molecular formula is C23H25N. The maximum atomic E-state index is 2.51. The second kappa shape index (κ2) is 8.47. The first-order chi connectivity index (χ1) is 11.8. The van der Waals surface area contributed by atoms with E-state index in [1.807, 2.05) is 0 Å². The second-order valence-electron chi connectivity index (χ2n) is 6.29. The van der Waals surface area contributed by atoms with E-state index in [-0.39, 0.29) is 0 Å². The van der Waals surface area contributed by atoms with Crippen molar-refractivity contribution in [1.29, 1.82) is 0 Å². The average molecular weight is 315 g/mol. The molecule has 0 heterocycles. The summed E-state index contributed by atoms with van der Waals surface area (Å²) in [7, 11) is 0. The molecule has 0 spiro atoms. The zero-order valence-corrected chi connectivity index (χ0v) is 14.4. The van der Waals surface area contributed by atoms with E-state index >= 15 is 0 Å². The van der Waals surface area contributed by atoms with Crippen molar-refractivity contribution in [2.75, 3.05) is 0 Å². The molecule has 0 bridgehead atoms. The molecule has 0 fully saturated rings. The Hall–Kier alpha value is -2.38. The van der Waals surface area contributed by atoms with Gasteiger partial charge in [0.2, 0.25) is 0 Å². The van der Waals surface area contributed by atoms with Gasteiger partial charge >= 0.3 is 0 Å². The van der Waals surface area contributed by atoms with Crippen LogP contribution in [0.25, 0.3) is 0 Å². The zero-order chi connectivity index (χ0) is 16.6. The second-order valence-corrected chi connectivity index (χ2v) is 6.29. The molecule has 0 radical (unpaired) electrons. The van der Waals surface area contributed by atoms with E-state index in [9.17, 15) is 0 Å². The highest BCUT2D eigenvalue weighted by Crippen LogP contribution is 2.15. The fourth-order valence-electron chi connectivity index (χ4n) is 2.99. The van der Waals surface area contributed by atoms with Crippen molar-refractivity contribution in [3.63, 3.8) is 0 Å². The van der Waals surface area contributed by atoms with Gasteiger partial charge in [0.15, 0.2) is 0 Å². The molecule has 24 heavy (non-hydrogen) atoms. The number of aryl methyl sites for hydroxylation is 1. The highest BCUT2D eigenvalue weighted by molar-refractivity contribution is 5.23. The van der Waals surface area contributed by atoms with Crippen molar-refractivity contribution in [2.45, 2.75) is 33.0 Å². The van der Waals surface area contributed by atoms with Crippen molar-refractivity contribution in [3.05, 3.63) is 107 Å². The normalized spacial score (nSPS) is 10.9. The molecule has 122 valence electrons. The number of benzene rings is 3. The maximum absolute atomic E-state index is 2.51. The fraction of sp³-hybridized carbons (Fsp3) is 0.217. The molecule has 3 rings (SSSR count). The van der Waals surface area contributed by atoms with Gasteiger partial charge in [-0.15, -0.1) is 0 Å². The van der Waals surface area contributed by atoms with Crippen LogP contribution in [0.2, 0.25) is 0 Å². The van der Waals surface area contributed by atoms with Crippen LogP contribution in [0.15, 0.2) is 84.9 Å². The molecule has 1 nitrogen and oxygen atoms in total. The highest BCUT2D eigenvalue weighted by atomic mass is 15.1. The largest absolute Gasteiger partial charge is 0.291 e. The molecule has 0 amide bonds. The monoisotopic (exact) mass is 315 g/mol. The number of hydrogen-bond acceptors (Lipinski definition) is 1. The smallest absolute Gasteiger partial charge is 0.0240 e. The molecule has 0 saturated heterocycles. The van der Waals surface area contributed by atoms with Crippen LogP contribution in [-0.4, -0.2) is 4.90 Å². The number of hydrogen-bond donors (Lipinski definition) is 0. The molecule has 0 aliphatic carbocycles. The van der Waals surface area contributed by atoms with Gasteiger partial charge < -0.3 is 0 Å². The Kier molecular flexibility index (Phi) is 5.81. The van der Waals surface area contributed by atoms with Gasteiger partial charge in [-0.2, -0.15) is 0 Å². The molecule has 1 heteroatoms. The summed E-state index contributed by atoms with van der Waals surface area (Å²) < 4.78 is 0. The zero-order valence-electron chi connectivity index (χ0n) is 14.4. The minimum atomic E-state index is 0.964. The third-order valence-electron chi connectivity index (χ3n) is 4.34. The summed E-state index contributed by atoms with van der Waals surface area (Å²) in [4.78, 5) is 2.51. The van der Waals surface area contributed by atoms with E-state index in [0.717, 1.165) is 26.1 Å². The van der Waals surface area contributed by atoms with E-state index in [2.05, 4.69) is 96.8 Å². The number of nitrogens with zero attached hydrogens (tertiary/aromatic N) is 1. The lowest BCUT2D eigenvalue weighted by molar-refractivity contribution is 0.247. The summed E-state index contributed by atoms with van der Waals surface area (Å²) in [6, 6.07) is 30.5. The van der Waals surface area contributed by atoms with Crippen molar-refractivity contribution >= 4 is 0 Å². The number of rotatable bonds is 7. The lowest BCUT2D eigenvalue weighted by Gasteiger charge is -2.23. The molecule has 0 saturated carbocycles. The van der Waals surface area contributed by atoms with E-state index in [0.29, 0.717) is 0 Å². The Balaban J connectivity index is 1.75. The van der Waals surface area contributed by atoms with E-state index < -0.39 is 0 Å². The lowest BCUT2D eigenvalue weighted by atomic mass is 10.1. The summed E-state index contributed by atoms with van der Waals surface area (Å²) in [5, 5.41) is 0. The van der Waals surface area contributed by atoms with E-state index in [4.69, 9.17) is 0 Å². The predicted molar refractivity (Wildman–Crippen MR) is 102 cm³/mol. The molecule has 0 aliphatic heterocycles. The molecule has 0 aromatic heterocycles. The van der Waals surface area contributed by atoms with E-state index in [1.54, 1.807) is 0 Å². The Labute approximate surface area is 145 Å². The van der Waals surface area contributed by atoms with Gasteiger partial charge in [-0.05, 0) is 28.7 Å². The molecule has 3 aromatic rings. The quantitative estimate of drug-likeness (QED) is 0.560. The SMILES string of the molecule is CCc1ccc(CN(Cc2ccccc2)Cc2ccccc2)cc1. The summed E-state index contributed by atoms with van der Waals surface area (Å²) in [6.45, 7) is 5.09. The average Bonchev–Trinajstić information content (AvgIpc) is 2.64. The maximum Gasteiger partial charge on any atom is 0.0240 e. The Morgan fingerprint density at radius 2 is 0.875 bits per heavy atom. The minimum absolute atomic E-state index is 0.964. The molecule has 3 aromatic carbocycles. The van der Waals surface area contributed by atoms with Gasteiger partial charge in [0.05, 0.1) is 0 Å². The molecule has 0 aliphatic rings. The van der Waals surface area contributed by atoms with Crippen LogP contribution >= 0.6 is 0 Å². The first-order valence-electron chi connectivity index (χ1n) is 8.71. The van der Waals surface area contributed by atoms with Crippen LogP contribution in [0, 0.1) is 0 Å². The topological polar surface area (TPSA) is 3.24 Å². The standard InChI is InChI=1S/C23H25N/c1-2-20-13-15-23(16-14-20)19-24(17-21-9-5-3-6-10-21)18-22-11-7-4-8-12-22/h3-16H,2,17-19H2,1H3. The summed E-state index contributed by atoms with van der Waals surface area (Å²) in [5.41, 5.74) is 5.49. The fourth-order valence-corrected chi connectivity index (χ4v) is 2.99. The third-order valence-corrected chi connectivity index (χ3v) is 4.34. The molecular weight excluding hydrogens is 290 g/mol. The van der Waals surface area contributed by atoms with Gasteiger partial charge in [-0.1, -0.05) is 91.9 Å². The van der Waals surface area contributed by atoms with Crippen molar-refractivity contribution < 1.29 is 0 Å². The molecule has 0 unspecified atom stereocenters. The Morgan fingerprint density at radius 3 is 1.29 bits per heavy atom. The lowest BCUT2D eigenvalue weighted by Crippen LogP contribution is -2.22. The van der Waals surface area contributed by atoms with Gasteiger partial charge in [-0.25, -0.2) is 0 Å². The van der Waals surface area contributed by atoms with Crippen LogP contribution in [0.5, 0.6) is 0 Å². The van der Waals surface area contributed by atoms with Gasteiger partial charge in [0.1, 0.15) is 0 Å². The minimum Gasteiger partial charge on any atom is -0.291 e. The molecule has 0 atom stereocenters. The van der Waals surface area contributed by atoms with Gasteiger partial charge in [0, 0.05) is 19.6 Å². The van der Waals surface area contributed by atoms with Gasteiger partial charge in [0.25, 0.3) is 0 Å². The first kappa shape index (κ1) is 16.5. The highest BCUT2D eigenvalue weighted by Gasteiger charge is 2.08. The van der Waals surface area contributed by atoms with Crippen LogP contribution in [0.3, 0.4) is 0 Å². The summed E-state index contributed by atoms with van der Waals surface area (Å²) in [6.07, 6.45) is 1.10.